The standard InChI is InChI=1S/C32H28N2O4S/c33-23-26-7-5-9-29(22-26)27-17-12-25(13-18-27)14-19-28(32(35)36)8-4-6-24-15-20-31(21-16-24)39(38)34(37)30-10-2-1-3-11-30/h1-3,5,7,9-13,15-18,20-22,28H,4,6,8,14,19H2/p+1. The summed E-state index contributed by atoms with van der Waals surface area (Å²) in [5, 5.41) is 18.8. The van der Waals surface area contributed by atoms with Crippen molar-refractivity contribution in [2.24, 2.45) is 5.92 Å². The number of carboxylic acids is 1. The van der Waals surface area contributed by atoms with E-state index in [0.29, 0.717) is 52.4 Å². The topological polar surface area (TPSA) is 98.2 Å². The second-order valence-electron chi connectivity index (χ2n) is 9.34. The molecule has 0 aliphatic heterocycles. The first-order chi connectivity index (χ1) is 18.9. The van der Waals surface area contributed by atoms with Crippen LogP contribution in [0.5, 0.6) is 0 Å². The van der Waals surface area contributed by atoms with Gasteiger partial charge >= 0.3 is 17.0 Å². The van der Waals surface area contributed by atoms with Crippen LogP contribution in [0, 0.1) is 22.2 Å². The van der Waals surface area contributed by atoms with E-state index in [0.717, 1.165) is 22.3 Å². The molecule has 7 heteroatoms. The van der Waals surface area contributed by atoms with Crippen molar-refractivity contribution in [1.82, 2.24) is 0 Å². The summed E-state index contributed by atoms with van der Waals surface area (Å²) < 4.78 is 13.1. The zero-order valence-corrected chi connectivity index (χ0v) is 22.2. The highest BCUT2D eigenvalue weighted by molar-refractivity contribution is 7.79. The SMILES string of the molecule is N#Cc1cccc(-c2ccc(CCC(CCCc3ccc(S(=O)[N+](=O)c4ccccc4)cc3)C(=O)O)cc2)c1. The van der Waals surface area contributed by atoms with E-state index in [1.807, 2.05) is 54.6 Å². The van der Waals surface area contributed by atoms with Gasteiger partial charge in [-0.3, -0.25) is 4.79 Å². The van der Waals surface area contributed by atoms with Gasteiger partial charge in [-0.25, -0.2) is 0 Å². The van der Waals surface area contributed by atoms with Crippen LogP contribution < -0.4 is 0 Å². The van der Waals surface area contributed by atoms with E-state index in [9.17, 15) is 19.0 Å². The maximum Gasteiger partial charge on any atom is 0.369 e. The summed E-state index contributed by atoms with van der Waals surface area (Å²) in [6.07, 6.45) is 3.20. The minimum absolute atomic E-state index is 0.334. The summed E-state index contributed by atoms with van der Waals surface area (Å²) in [5.74, 6) is -1.23. The minimum Gasteiger partial charge on any atom is -0.481 e. The number of carbonyl (C=O) groups is 1. The maximum absolute atomic E-state index is 12.6. The van der Waals surface area contributed by atoms with Crippen LogP contribution in [0.4, 0.5) is 5.69 Å². The van der Waals surface area contributed by atoms with Crippen LogP contribution in [0.15, 0.2) is 108 Å². The molecule has 4 aromatic carbocycles. The van der Waals surface area contributed by atoms with Gasteiger partial charge in [-0.15, -0.1) is 0 Å². The molecule has 1 N–H and O–H groups in total. The lowest BCUT2D eigenvalue weighted by molar-refractivity contribution is -0.277. The summed E-state index contributed by atoms with van der Waals surface area (Å²) in [6, 6.07) is 33.2. The number of nitrogens with zero attached hydrogens (tertiary/aromatic N) is 2. The van der Waals surface area contributed by atoms with E-state index < -0.39 is 22.9 Å². The van der Waals surface area contributed by atoms with Crippen molar-refractivity contribution in [3.05, 3.63) is 125 Å². The van der Waals surface area contributed by atoms with Crippen LogP contribution in [0.3, 0.4) is 0 Å². The lowest BCUT2D eigenvalue weighted by Crippen LogP contribution is -2.15. The number of aryl methyl sites for hydroxylation is 2. The van der Waals surface area contributed by atoms with E-state index >= 15 is 0 Å². The smallest absolute Gasteiger partial charge is 0.369 e. The van der Waals surface area contributed by atoms with Crippen molar-refractivity contribution < 1.29 is 18.3 Å². The lowest BCUT2D eigenvalue weighted by Gasteiger charge is -2.13. The Morgan fingerprint density at radius 1 is 0.821 bits per heavy atom. The van der Waals surface area contributed by atoms with Crippen LogP contribution in [0.25, 0.3) is 11.1 Å². The van der Waals surface area contributed by atoms with Crippen LogP contribution in [0.1, 0.15) is 36.0 Å². The predicted octanol–water partition coefficient (Wildman–Crippen LogP) is 7.01. The van der Waals surface area contributed by atoms with Crippen LogP contribution in [-0.4, -0.2) is 19.5 Å². The second-order valence-corrected chi connectivity index (χ2v) is 10.6. The third-order valence-electron chi connectivity index (χ3n) is 6.67. The molecule has 2 unspecified atom stereocenters. The van der Waals surface area contributed by atoms with E-state index in [2.05, 4.69) is 6.07 Å². The molecule has 0 spiro atoms. The number of nitroso groups, excluding NO2 is 1. The Balaban J connectivity index is 1.27. The van der Waals surface area contributed by atoms with Gasteiger partial charge in [0.25, 0.3) is 5.69 Å². The number of hydrogen-bond acceptors (Lipinski definition) is 4. The number of carboxylic acid groups (broad SMARTS) is 1. The number of aliphatic carboxylic acids is 1. The normalized spacial score (nSPS) is 12.3. The molecule has 0 fully saturated rings. The van der Waals surface area contributed by atoms with Crippen molar-refractivity contribution in [2.45, 2.75) is 37.0 Å². The highest BCUT2D eigenvalue weighted by Crippen LogP contribution is 2.23. The molecule has 0 aliphatic carbocycles. The Morgan fingerprint density at radius 3 is 2.15 bits per heavy atom. The average molecular weight is 538 g/mol. The second kappa shape index (κ2) is 13.4. The quantitative estimate of drug-likeness (QED) is 0.196. The van der Waals surface area contributed by atoms with Gasteiger partial charge in [0.05, 0.1) is 17.6 Å². The summed E-state index contributed by atoms with van der Waals surface area (Å²) in [7, 11) is -1.85. The molecule has 0 heterocycles. The molecule has 0 amide bonds. The number of hydrogen-bond donors (Lipinski definition) is 1. The van der Waals surface area contributed by atoms with Gasteiger partial charge in [0.1, 0.15) is 9.06 Å². The third-order valence-corrected chi connectivity index (χ3v) is 7.86. The Kier molecular flexibility index (Phi) is 9.49. The molecule has 39 heavy (non-hydrogen) atoms. The van der Waals surface area contributed by atoms with Crippen molar-refractivity contribution in [1.29, 1.82) is 5.26 Å². The number of nitriles is 1. The van der Waals surface area contributed by atoms with Gasteiger partial charge in [0.15, 0.2) is 0 Å². The lowest BCUT2D eigenvalue weighted by atomic mass is 9.93. The molecule has 0 saturated heterocycles. The molecule has 6 nitrogen and oxygen atoms in total. The predicted molar refractivity (Wildman–Crippen MR) is 152 cm³/mol. The Hall–Kier alpha value is -4.41. The van der Waals surface area contributed by atoms with E-state index in [1.54, 1.807) is 48.5 Å². The molecule has 196 valence electrons. The van der Waals surface area contributed by atoms with Crippen LogP contribution in [-0.2, 0) is 28.6 Å². The molecular weight excluding hydrogens is 508 g/mol. The molecule has 0 bridgehead atoms. The Bertz CT molecular complexity index is 1490. The van der Waals surface area contributed by atoms with Crippen molar-refractivity contribution in [3.63, 3.8) is 0 Å². The fraction of sp³-hybridized carbons (Fsp3) is 0.188. The first kappa shape index (κ1) is 27.6. The molecule has 0 aromatic heterocycles. The van der Waals surface area contributed by atoms with Gasteiger partial charge < -0.3 is 5.11 Å². The van der Waals surface area contributed by atoms with Crippen molar-refractivity contribution >= 4 is 22.6 Å². The molecule has 0 aliphatic rings. The highest BCUT2D eigenvalue weighted by Gasteiger charge is 2.25. The number of benzene rings is 4. The molecular formula is C32H29N2O4S+. The average Bonchev–Trinajstić information content (AvgIpc) is 2.99. The van der Waals surface area contributed by atoms with Crippen molar-refractivity contribution in [2.75, 3.05) is 0 Å². The molecule has 4 rings (SSSR count). The number of rotatable bonds is 12. The molecule has 0 radical (unpaired) electrons. The largest absolute Gasteiger partial charge is 0.481 e. The van der Waals surface area contributed by atoms with E-state index in [4.69, 9.17) is 5.26 Å². The van der Waals surface area contributed by atoms with Gasteiger partial charge in [0.2, 0.25) is 0 Å². The molecule has 4 aromatic rings. The summed E-state index contributed by atoms with van der Waals surface area (Å²) in [5.41, 5.74) is 5.03. The van der Waals surface area contributed by atoms with Gasteiger partial charge in [-0.1, -0.05) is 66.7 Å². The molecule has 0 saturated carbocycles. The zero-order valence-electron chi connectivity index (χ0n) is 21.4. The highest BCUT2D eigenvalue weighted by atomic mass is 32.2. The summed E-state index contributed by atoms with van der Waals surface area (Å²) >= 11 is 0. The summed E-state index contributed by atoms with van der Waals surface area (Å²) in [4.78, 5) is 24.7. The van der Waals surface area contributed by atoms with Gasteiger partial charge in [-0.2, -0.15) is 9.47 Å². The Labute approximate surface area is 230 Å². The third kappa shape index (κ3) is 7.56. The van der Waals surface area contributed by atoms with Crippen LogP contribution >= 0.6 is 0 Å². The fourth-order valence-corrected chi connectivity index (χ4v) is 5.30. The number of para-hydroxylation sites is 1. The van der Waals surface area contributed by atoms with Crippen LogP contribution in [0.2, 0.25) is 0 Å². The fourth-order valence-electron chi connectivity index (χ4n) is 4.43. The zero-order chi connectivity index (χ0) is 27.6. The van der Waals surface area contributed by atoms with E-state index in [1.165, 1.54) is 0 Å². The first-order valence-corrected chi connectivity index (χ1v) is 13.9. The summed E-state index contributed by atoms with van der Waals surface area (Å²) in [6.45, 7) is 0. The monoisotopic (exact) mass is 537 g/mol. The van der Waals surface area contributed by atoms with Gasteiger partial charge in [0, 0.05) is 17.0 Å². The Morgan fingerprint density at radius 2 is 1.49 bits per heavy atom. The van der Waals surface area contributed by atoms with Crippen molar-refractivity contribution in [3.8, 4) is 17.2 Å². The van der Waals surface area contributed by atoms with E-state index in [-0.39, 0.29) is 0 Å². The maximum atomic E-state index is 12.6. The van der Waals surface area contributed by atoms with Gasteiger partial charge in [-0.05, 0) is 78.6 Å². The molecule has 2 atom stereocenters. The minimum atomic E-state index is -1.85. The first-order valence-electron chi connectivity index (χ1n) is 12.8.